The molecular weight excluding hydrogens is 192 g/mol. The summed E-state index contributed by atoms with van der Waals surface area (Å²) in [5.41, 5.74) is 0. The third-order valence-electron chi connectivity index (χ3n) is 2.50. The van der Waals surface area contributed by atoms with E-state index < -0.39 is 0 Å². The van der Waals surface area contributed by atoms with E-state index in [-0.39, 0.29) is 17.9 Å². The summed E-state index contributed by atoms with van der Waals surface area (Å²) in [4.78, 5) is 11.6. The minimum absolute atomic E-state index is 0.177. The van der Waals surface area contributed by atoms with Gasteiger partial charge in [0.25, 0.3) is 0 Å². The van der Waals surface area contributed by atoms with Crippen LogP contribution in [0.15, 0.2) is 0 Å². The van der Waals surface area contributed by atoms with E-state index in [4.69, 9.17) is 4.74 Å². The minimum Gasteiger partial charge on any atom is -0.379 e. The molecule has 0 unspecified atom stereocenters. The van der Waals surface area contributed by atoms with Crippen LogP contribution in [0.5, 0.6) is 0 Å². The molecule has 0 saturated carbocycles. The summed E-state index contributed by atoms with van der Waals surface area (Å²) in [7, 11) is 0. The maximum atomic E-state index is 11.6. The van der Waals surface area contributed by atoms with E-state index in [2.05, 4.69) is 10.6 Å². The molecule has 0 bridgehead atoms. The van der Waals surface area contributed by atoms with Crippen LogP contribution in [0.2, 0.25) is 0 Å². The van der Waals surface area contributed by atoms with Crippen LogP contribution >= 0.6 is 0 Å². The summed E-state index contributed by atoms with van der Waals surface area (Å²) in [5.74, 6) is 0.362. The average molecular weight is 214 g/mol. The molecule has 1 aliphatic heterocycles. The summed E-state index contributed by atoms with van der Waals surface area (Å²) in [6.45, 7) is 7.28. The lowest BCUT2D eigenvalue weighted by molar-refractivity contribution is -0.124. The number of carbonyl (C=O) groups excluding carboxylic acids is 1. The van der Waals surface area contributed by atoms with Crippen molar-refractivity contribution in [1.82, 2.24) is 10.6 Å². The van der Waals surface area contributed by atoms with Gasteiger partial charge in [0, 0.05) is 19.7 Å². The highest BCUT2D eigenvalue weighted by atomic mass is 16.5. The molecule has 1 rings (SSSR count). The molecule has 2 N–H and O–H groups in total. The van der Waals surface area contributed by atoms with E-state index in [9.17, 15) is 4.79 Å². The van der Waals surface area contributed by atoms with E-state index in [1.54, 1.807) is 0 Å². The molecule has 0 aliphatic carbocycles. The van der Waals surface area contributed by atoms with Crippen LogP contribution in [0.3, 0.4) is 0 Å². The van der Waals surface area contributed by atoms with Crippen molar-refractivity contribution in [2.24, 2.45) is 5.92 Å². The second kappa shape index (κ2) is 6.80. The molecule has 4 nitrogen and oxygen atoms in total. The molecular formula is C11H22N2O2. The largest absolute Gasteiger partial charge is 0.379 e. The second-order valence-corrected chi connectivity index (χ2v) is 4.25. The fraction of sp³-hybridized carbons (Fsp3) is 0.909. The Morgan fingerprint density at radius 2 is 2.40 bits per heavy atom. The van der Waals surface area contributed by atoms with Crippen LogP contribution in [0.1, 0.15) is 26.7 Å². The second-order valence-electron chi connectivity index (χ2n) is 4.25. The van der Waals surface area contributed by atoms with Gasteiger partial charge in [-0.1, -0.05) is 0 Å². The highest BCUT2D eigenvalue weighted by Crippen LogP contribution is 2.06. The Morgan fingerprint density at radius 3 is 3.00 bits per heavy atom. The first-order valence-electron chi connectivity index (χ1n) is 5.80. The number of rotatable bonds is 6. The van der Waals surface area contributed by atoms with E-state index in [0.717, 1.165) is 39.1 Å². The van der Waals surface area contributed by atoms with Crippen molar-refractivity contribution in [3.63, 3.8) is 0 Å². The molecule has 15 heavy (non-hydrogen) atoms. The Kier molecular flexibility index (Phi) is 5.65. The predicted molar refractivity (Wildman–Crippen MR) is 59.7 cm³/mol. The summed E-state index contributed by atoms with van der Waals surface area (Å²) in [6, 6.07) is 0. The van der Waals surface area contributed by atoms with Gasteiger partial charge in [0.15, 0.2) is 0 Å². The van der Waals surface area contributed by atoms with Crippen molar-refractivity contribution in [3.05, 3.63) is 0 Å². The smallest absolute Gasteiger partial charge is 0.224 e. The van der Waals surface area contributed by atoms with Gasteiger partial charge in [-0.3, -0.25) is 4.79 Å². The molecule has 0 aromatic carbocycles. The van der Waals surface area contributed by atoms with Crippen LogP contribution in [0.25, 0.3) is 0 Å². The quantitative estimate of drug-likeness (QED) is 0.634. The molecule has 1 saturated heterocycles. The van der Waals surface area contributed by atoms with Crippen molar-refractivity contribution in [2.45, 2.75) is 32.8 Å². The molecule has 1 fully saturated rings. The molecule has 1 heterocycles. The standard InChI is InChI=1S/C11H22N2O2/c1-9(2)15-7-3-5-13-11(14)10-4-6-12-8-10/h9-10,12H,3-8H2,1-2H3,(H,13,14)/t10-/m1/s1. The zero-order valence-electron chi connectivity index (χ0n) is 9.71. The number of amides is 1. The number of ether oxygens (including phenoxy) is 1. The normalized spacial score (nSPS) is 20.9. The van der Waals surface area contributed by atoms with Crippen molar-refractivity contribution >= 4 is 5.91 Å². The highest BCUT2D eigenvalue weighted by Gasteiger charge is 2.21. The lowest BCUT2D eigenvalue weighted by atomic mass is 10.1. The van der Waals surface area contributed by atoms with Gasteiger partial charge in [0.05, 0.1) is 12.0 Å². The van der Waals surface area contributed by atoms with Crippen LogP contribution < -0.4 is 10.6 Å². The Hall–Kier alpha value is -0.610. The predicted octanol–water partition coefficient (Wildman–Crippen LogP) is 0.527. The first-order chi connectivity index (χ1) is 7.20. The van der Waals surface area contributed by atoms with Crippen LogP contribution in [-0.4, -0.2) is 38.3 Å². The van der Waals surface area contributed by atoms with E-state index in [0.29, 0.717) is 0 Å². The number of hydrogen-bond acceptors (Lipinski definition) is 3. The number of nitrogens with one attached hydrogen (secondary N) is 2. The van der Waals surface area contributed by atoms with Gasteiger partial charge in [0.2, 0.25) is 5.91 Å². The van der Waals surface area contributed by atoms with Gasteiger partial charge in [-0.2, -0.15) is 0 Å². The summed E-state index contributed by atoms with van der Waals surface area (Å²) < 4.78 is 5.39. The first kappa shape index (κ1) is 12.5. The zero-order valence-corrected chi connectivity index (χ0v) is 9.71. The summed E-state index contributed by atoms with van der Waals surface area (Å²) in [6.07, 6.45) is 2.14. The molecule has 0 aromatic heterocycles. The van der Waals surface area contributed by atoms with Crippen molar-refractivity contribution in [3.8, 4) is 0 Å². The third kappa shape index (κ3) is 5.14. The zero-order chi connectivity index (χ0) is 11.1. The Morgan fingerprint density at radius 1 is 1.60 bits per heavy atom. The summed E-state index contributed by atoms with van der Waals surface area (Å²) in [5, 5.41) is 6.12. The molecule has 0 spiro atoms. The van der Waals surface area contributed by atoms with E-state index in [1.807, 2.05) is 13.8 Å². The maximum absolute atomic E-state index is 11.6. The Labute approximate surface area is 91.8 Å². The molecule has 1 amide bonds. The van der Waals surface area contributed by atoms with Gasteiger partial charge in [-0.25, -0.2) is 0 Å². The van der Waals surface area contributed by atoms with Crippen molar-refractivity contribution in [1.29, 1.82) is 0 Å². The molecule has 1 atom stereocenters. The Balaban J connectivity index is 1.97. The lowest BCUT2D eigenvalue weighted by Gasteiger charge is -2.10. The molecule has 4 heteroatoms. The Bertz CT molecular complexity index is 189. The monoisotopic (exact) mass is 214 g/mol. The van der Waals surface area contributed by atoms with E-state index in [1.165, 1.54) is 0 Å². The van der Waals surface area contributed by atoms with Gasteiger partial charge in [0.1, 0.15) is 0 Å². The van der Waals surface area contributed by atoms with Gasteiger partial charge in [-0.05, 0) is 33.2 Å². The van der Waals surface area contributed by atoms with E-state index >= 15 is 0 Å². The topological polar surface area (TPSA) is 50.4 Å². The van der Waals surface area contributed by atoms with Crippen LogP contribution in [-0.2, 0) is 9.53 Å². The van der Waals surface area contributed by atoms with Crippen molar-refractivity contribution < 1.29 is 9.53 Å². The van der Waals surface area contributed by atoms with Gasteiger partial charge >= 0.3 is 0 Å². The number of hydrogen-bond donors (Lipinski definition) is 2. The first-order valence-corrected chi connectivity index (χ1v) is 5.80. The molecule has 88 valence electrons. The summed E-state index contributed by atoms with van der Waals surface area (Å²) >= 11 is 0. The maximum Gasteiger partial charge on any atom is 0.224 e. The minimum atomic E-state index is 0.177. The third-order valence-corrected chi connectivity index (χ3v) is 2.50. The van der Waals surface area contributed by atoms with Gasteiger partial charge in [-0.15, -0.1) is 0 Å². The van der Waals surface area contributed by atoms with Crippen LogP contribution in [0, 0.1) is 5.92 Å². The SMILES string of the molecule is CC(C)OCCCNC(=O)[C@@H]1CCNC1. The molecule has 0 radical (unpaired) electrons. The highest BCUT2D eigenvalue weighted by molar-refractivity contribution is 5.79. The average Bonchev–Trinajstić information content (AvgIpc) is 2.69. The fourth-order valence-electron chi connectivity index (χ4n) is 1.63. The van der Waals surface area contributed by atoms with Crippen molar-refractivity contribution in [2.75, 3.05) is 26.2 Å². The molecule has 0 aromatic rings. The number of carbonyl (C=O) groups is 1. The lowest BCUT2D eigenvalue weighted by Crippen LogP contribution is -2.33. The molecule has 1 aliphatic rings. The fourth-order valence-corrected chi connectivity index (χ4v) is 1.63. The van der Waals surface area contributed by atoms with Gasteiger partial charge < -0.3 is 15.4 Å². The van der Waals surface area contributed by atoms with Crippen LogP contribution in [0.4, 0.5) is 0 Å².